The lowest BCUT2D eigenvalue weighted by molar-refractivity contribution is -0.161. The number of carbonyl (C=O) groups excluding carboxylic acids is 4. The normalized spacial score (nSPS) is 14.5. The van der Waals surface area contributed by atoms with Crippen LogP contribution in [0.4, 0.5) is 0 Å². The van der Waals surface area contributed by atoms with E-state index in [4.69, 9.17) is 37.0 Å². The van der Waals surface area contributed by atoms with Crippen molar-refractivity contribution in [2.24, 2.45) is 17.8 Å². The maximum absolute atomic E-state index is 13.0. The summed E-state index contributed by atoms with van der Waals surface area (Å²) in [5.41, 5.74) is 0. The number of ether oxygens (including phenoxy) is 4. The van der Waals surface area contributed by atoms with Crippen LogP contribution in [0.3, 0.4) is 0 Å². The zero-order valence-electron chi connectivity index (χ0n) is 57.9. The maximum atomic E-state index is 13.0. The van der Waals surface area contributed by atoms with Gasteiger partial charge >= 0.3 is 39.5 Å². The van der Waals surface area contributed by atoms with Gasteiger partial charge in [-0.05, 0) is 43.4 Å². The first kappa shape index (κ1) is 87.1. The standard InChI is InChI=1S/C70H136O17P2/c1-8-10-11-12-13-14-21-25-28-37-44-51-67(72)80-57-65(86-69(74)53-46-39-29-26-23-20-18-16-15-17-19-22-24-27-34-41-48-61(3)4)59-84-88(76,77)82-55-64(71)56-83-89(78,79)85-60-66(58-81-68(73)52-45-38-32-30-35-42-49-62(5)6)87-70(75)54-47-40-33-31-36-43-50-63(7)9-2/h61-66,71H,8-60H2,1-7H3,(H,76,77)(H,78,79)/t63?,64-,65-,66-/m1/s1. The lowest BCUT2D eigenvalue weighted by Crippen LogP contribution is -2.30. The van der Waals surface area contributed by atoms with Crippen molar-refractivity contribution in [3.63, 3.8) is 0 Å². The van der Waals surface area contributed by atoms with Crippen LogP contribution in [0.2, 0.25) is 0 Å². The average Bonchev–Trinajstić information content (AvgIpc) is 3.69. The monoisotopic (exact) mass is 1310 g/mol. The molecule has 17 nitrogen and oxygen atoms in total. The topological polar surface area (TPSA) is 237 Å². The summed E-state index contributed by atoms with van der Waals surface area (Å²) in [5, 5.41) is 10.6. The Bertz CT molecular complexity index is 1750. The van der Waals surface area contributed by atoms with Crippen molar-refractivity contribution in [2.45, 2.75) is 369 Å². The largest absolute Gasteiger partial charge is 0.472 e. The minimum absolute atomic E-state index is 0.102. The van der Waals surface area contributed by atoms with E-state index in [1.807, 2.05) is 0 Å². The molecule has 0 fully saturated rings. The second kappa shape index (κ2) is 61.0. The van der Waals surface area contributed by atoms with E-state index in [1.54, 1.807) is 0 Å². The van der Waals surface area contributed by atoms with Crippen molar-refractivity contribution in [3.8, 4) is 0 Å². The smallest absolute Gasteiger partial charge is 0.462 e. The molecule has 0 amide bonds. The molecule has 3 N–H and O–H groups in total. The molecule has 0 rings (SSSR count). The number of phosphoric acid groups is 2. The predicted molar refractivity (Wildman–Crippen MR) is 358 cm³/mol. The summed E-state index contributed by atoms with van der Waals surface area (Å²) in [6.07, 6.45) is 44.7. The number of phosphoric ester groups is 2. The lowest BCUT2D eigenvalue weighted by Gasteiger charge is -2.21. The van der Waals surface area contributed by atoms with Gasteiger partial charge in [0, 0.05) is 25.7 Å². The minimum Gasteiger partial charge on any atom is -0.462 e. The molecule has 0 radical (unpaired) electrons. The Balaban J connectivity index is 5.19. The van der Waals surface area contributed by atoms with Gasteiger partial charge < -0.3 is 33.8 Å². The van der Waals surface area contributed by atoms with E-state index >= 15 is 0 Å². The highest BCUT2D eigenvalue weighted by Gasteiger charge is 2.30. The van der Waals surface area contributed by atoms with Crippen LogP contribution in [0.15, 0.2) is 0 Å². The van der Waals surface area contributed by atoms with Crippen LogP contribution in [0.25, 0.3) is 0 Å². The zero-order chi connectivity index (χ0) is 65.9. The zero-order valence-corrected chi connectivity index (χ0v) is 59.7. The molecule has 528 valence electrons. The molecule has 0 aromatic carbocycles. The molecular weight excluding hydrogens is 1170 g/mol. The van der Waals surface area contributed by atoms with Crippen LogP contribution in [0.1, 0.15) is 350 Å². The molecule has 0 aliphatic heterocycles. The summed E-state index contributed by atoms with van der Waals surface area (Å²) in [6.45, 7) is 11.7. The number of carbonyl (C=O) groups is 4. The van der Waals surface area contributed by atoms with Gasteiger partial charge in [-0.3, -0.25) is 37.3 Å². The van der Waals surface area contributed by atoms with Crippen molar-refractivity contribution >= 4 is 39.5 Å². The van der Waals surface area contributed by atoms with Crippen LogP contribution in [0, 0.1) is 17.8 Å². The van der Waals surface area contributed by atoms with Crippen LogP contribution in [-0.4, -0.2) is 96.7 Å². The van der Waals surface area contributed by atoms with Crippen LogP contribution in [0.5, 0.6) is 0 Å². The molecule has 89 heavy (non-hydrogen) atoms. The summed E-state index contributed by atoms with van der Waals surface area (Å²) in [4.78, 5) is 72.4. The highest BCUT2D eigenvalue weighted by molar-refractivity contribution is 7.47. The third-order valence-corrected chi connectivity index (χ3v) is 18.4. The molecule has 0 aliphatic carbocycles. The number of hydrogen-bond donors (Lipinski definition) is 3. The SMILES string of the molecule is CCCCCCCCCCCCCC(=O)OC[C@H](COP(=O)(O)OC[C@@H](O)COP(=O)(O)OC[C@@H](COC(=O)CCCCCCCCC(C)C)OC(=O)CCCCCCCCC(C)CC)OC(=O)CCCCCCCCCCCCCCCCCCC(C)C. The fourth-order valence-electron chi connectivity index (χ4n) is 10.5. The first-order valence-corrected chi connectivity index (χ1v) is 39.4. The van der Waals surface area contributed by atoms with E-state index < -0.39 is 97.5 Å². The Morgan fingerprint density at radius 3 is 0.854 bits per heavy atom. The van der Waals surface area contributed by atoms with Crippen molar-refractivity contribution in [1.82, 2.24) is 0 Å². The lowest BCUT2D eigenvalue weighted by atomic mass is 10.00. The maximum Gasteiger partial charge on any atom is 0.472 e. The van der Waals surface area contributed by atoms with Crippen LogP contribution < -0.4 is 0 Å². The van der Waals surface area contributed by atoms with E-state index in [2.05, 4.69) is 48.5 Å². The molecule has 19 heteroatoms. The van der Waals surface area contributed by atoms with E-state index in [0.717, 1.165) is 108 Å². The number of rotatable bonds is 68. The molecule has 6 atom stereocenters. The minimum atomic E-state index is -4.95. The van der Waals surface area contributed by atoms with Crippen molar-refractivity contribution < 1.29 is 80.2 Å². The summed E-state index contributed by atoms with van der Waals surface area (Å²) in [7, 11) is -9.90. The number of unbranched alkanes of at least 4 members (excludes halogenated alkanes) is 35. The van der Waals surface area contributed by atoms with Crippen LogP contribution >= 0.6 is 15.6 Å². The van der Waals surface area contributed by atoms with Gasteiger partial charge in [-0.1, -0.05) is 299 Å². The van der Waals surface area contributed by atoms with Gasteiger partial charge in [0.25, 0.3) is 0 Å². The number of aliphatic hydroxyl groups is 1. The Morgan fingerprint density at radius 2 is 0.573 bits per heavy atom. The average molecular weight is 1310 g/mol. The Labute approximate surface area is 543 Å². The van der Waals surface area contributed by atoms with E-state index in [-0.39, 0.29) is 25.7 Å². The van der Waals surface area contributed by atoms with E-state index in [1.165, 1.54) is 154 Å². The molecule has 0 saturated heterocycles. The van der Waals surface area contributed by atoms with Crippen molar-refractivity contribution in [1.29, 1.82) is 0 Å². The number of hydrogen-bond acceptors (Lipinski definition) is 15. The van der Waals surface area contributed by atoms with E-state index in [9.17, 15) is 43.2 Å². The number of aliphatic hydroxyl groups excluding tert-OH is 1. The highest BCUT2D eigenvalue weighted by atomic mass is 31.2. The molecule has 3 unspecified atom stereocenters. The van der Waals surface area contributed by atoms with Crippen LogP contribution in [-0.2, 0) is 65.4 Å². The Kier molecular flexibility index (Phi) is 59.6. The highest BCUT2D eigenvalue weighted by Crippen LogP contribution is 2.45. The summed E-state index contributed by atoms with van der Waals surface area (Å²) >= 11 is 0. The van der Waals surface area contributed by atoms with E-state index in [0.29, 0.717) is 31.6 Å². The second-order valence-electron chi connectivity index (χ2n) is 26.5. The van der Waals surface area contributed by atoms with Gasteiger partial charge in [-0.15, -0.1) is 0 Å². The predicted octanol–water partition coefficient (Wildman–Crippen LogP) is 19.8. The quantitative estimate of drug-likeness (QED) is 0.0222. The first-order chi connectivity index (χ1) is 42.8. The van der Waals surface area contributed by atoms with Gasteiger partial charge in [0.05, 0.1) is 26.4 Å². The fourth-order valence-corrected chi connectivity index (χ4v) is 12.1. The summed E-state index contributed by atoms with van der Waals surface area (Å²) < 4.78 is 68.2. The van der Waals surface area contributed by atoms with Gasteiger partial charge in [-0.25, -0.2) is 9.13 Å². The Morgan fingerprint density at radius 1 is 0.326 bits per heavy atom. The summed E-state index contributed by atoms with van der Waals surface area (Å²) in [6, 6.07) is 0. The van der Waals surface area contributed by atoms with Gasteiger partial charge in [0.2, 0.25) is 0 Å². The van der Waals surface area contributed by atoms with Crippen molar-refractivity contribution in [3.05, 3.63) is 0 Å². The molecule has 0 heterocycles. The molecule has 0 bridgehead atoms. The van der Waals surface area contributed by atoms with Gasteiger partial charge in [0.15, 0.2) is 12.2 Å². The number of esters is 4. The fraction of sp³-hybridized carbons (Fsp3) is 0.943. The van der Waals surface area contributed by atoms with Gasteiger partial charge in [0.1, 0.15) is 19.3 Å². The molecule has 0 aliphatic rings. The summed E-state index contributed by atoms with van der Waals surface area (Å²) in [5.74, 6) is 0.0779. The third kappa shape index (κ3) is 63.2. The molecule has 0 aromatic heterocycles. The first-order valence-electron chi connectivity index (χ1n) is 36.4. The third-order valence-electron chi connectivity index (χ3n) is 16.5. The molecule has 0 saturated carbocycles. The van der Waals surface area contributed by atoms with Gasteiger partial charge in [-0.2, -0.15) is 0 Å². The second-order valence-corrected chi connectivity index (χ2v) is 29.4. The molecule has 0 spiro atoms. The molecular formula is C70H136O17P2. The Hall–Kier alpha value is -1.94. The van der Waals surface area contributed by atoms with Crippen molar-refractivity contribution in [2.75, 3.05) is 39.6 Å². The molecule has 0 aromatic rings.